The third kappa shape index (κ3) is 1.76. The van der Waals surface area contributed by atoms with Gasteiger partial charge in [-0.25, -0.2) is 4.98 Å². The number of thiazole rings is 1. The molecule has 0 unspecified atom stereocenters. The van der Waals surface area contributed by atoms with E-state index in [-0.39, 0.29) is 10.6 Å². The van der Waals surface area contributed by atoms with Gasteiger partial charge in [0.1, 0.15) is 16.0 Å². The highest BCUT2D eigenvalue weighted by molar-refractivity contribution is 7.17. The fourth-order valence-corrected chi connectivity index (χ4v) is 2.05. The number of carbonyl (C=O) groups is 1. The van der Waals surface area contributed by atoms with Gasteiger partial charge < -0.3 is 5.73 Å². The van der Waals surface area contributed by atoms with Gasteiger partial charge in [0.25, 0.3) is 5.91 Å². The lowest BCUT2D eigenvalue weighted by atomic mass is 10.3. The Hall–Kier alpha value is -2.26. The normalized spacial score (nSPS) is 9.69. The molecule has 0 fully saturated rings. The van der Waals surface area contributed by atoms with Gasteiger partial charge in [-0.15, -0.1) is 11.3 Å². The van der Waals surface area contributed by atoms with E-state index in [9.17, 15) is 4.79 Å². The Morgan fingerprint density at radius 2 is 2.12 bits per heavy atom. The predicted molar refractivity (Wildman–Crippen MR) is 58.6 cm³/mol. The lowest BCUT2D eigenvalue weighted by Gasteiger charge is -1.91. The van der Waals surface area contributed by atoms with Gasteiger partial charge >= 0.3 is 0 Å². The van der Waals surface area contributed by atoms with Crippen molar-refractivity contribution in [2.45, 2.75) is 0 Å². The van der Waals surface area contributed by atoms with E-state index in [1.807, 2.05) is 6.07 Å². The molecule has 1 amide bonds. The van der Waals surface area contributed by atoms with Crippen molar-refractivity contribution in [1.82, 2.24) is 9.97 Å². The zero-order chi connectivity index (χ0) is 11.5. The summed E-state index contributed by atoms with van der Waals surface area (Å²) in [5, 5.41) is 9.39. The van der Waals surface area contributed by atoms with Crippen molar-refractivity contribution >= 4 is 17.2 Å². The highest BCUT2D eigenvalue weighted by Gasteiger charge is 2.16. The van der Waals surface area contributed by atoms with E-state index in [0.717, 1.165) is 16.9 Å². The van der Waals surface area contributed by atoms with Gasteiger partial charge in [-0.2, -0.15) is 5.26 Å². The molecule has 5 nitrogen and oxygen atoms in total. The first-order chi connectivity index (χ1) is 7.72. The van der Waals surface area contributed by atoms with Crippen LogP contribution in [0.4, 0.5) is 0 Å². The molecule has 0 atom stereocenters. The van der Waals surface area contributed by atoms with Crippen LogP contribution >= 0.6 is 11.3 Å². The molecule has 2 aromatic heterocycles. The van der Waals surface area contributed by atoms with Crippen LogP contribution in [0.25, 0.3) is 10.6 Å². The minimum absolute atomic E-state index is 0.0734. The largest absolute Gasteiger partial charge is 0.365 e. The third-order valence-corrected chi connectivity index (χ3v) is 3.00. The highest BCUT2D eigenvalue weighted by Crippen LogP contribution is 2.26. The monoisotopic (exact) mass is 230 g/mol. The van der Waals surface area contributed by atoms with Crippen molar-refractivity contribution in [3.63, 3.8) is 0 Å². The van der Waals surface area contributed by atoms with Gasteiger partial charge in [0, 0.05) is 18.0 Å². The van der Waals surface area contributed by atoms with Crippen LogP contribution < -0.4 is 5.73 Å². The molecule has 16 heavy (non-hydrogen) atoms. The summed E-state index contributed by atoms with van der Waals surface area (Å²) in [7, 11) is 0. The molecule has 0 saturated carbocycles. The third-order valence-electron chi connectivity index (χ3n) is 1.88. The average Bonchev–Trinajstić information content (AvgIpc) is 2.74. The SMILES string of the molecule is N#Cc1nc(-c2ccncc2)sc1C(N)=O. The van der Waals surface area contributed by atoms with Crippen molar-refractivity contribution in [2.24, 2.45) is 5.73 Å². The first-order valence-electron chi connectivity index (χ1n) is 4.33. The molecule has 0 aliphatic carbocycles. The van der Waals surface area contributed by atoms with Crippen LogP contribution in [0, 0.1) is 11.3 Å². The first-order valence-corrected chi connectivity index (χ1v) is 5.15. The molecular weight excluding hydrogens is 224 g/mol. The summed E-state index contributed by atoms with van der Waals surface area (Å²) < 4.78 is 0. The summed E-state index contributed by atoms with van der Waals surface area (Å²) in [4.78, 5) is 19.2. The minimum atomic E-state index is -0.630. The summed E-state index contributed by atoms with van der Waals surface area (Å²) in [6.45, 7) is 0. The first kappa shape index (κ1) is 10.3. The Balaban J connectivity index is 2.54. The fourth-order valence-electron chi connectivity index (χ4n) is 1.18. The second-order valence-electron chi connectivity index (χ2n) is 2.91. The molecule has 2 rings (SSSR count). The van der Waals surface area contributed by atoms with Crippen molar-refractivity contribution in [2.75, 3.05) is 0 Å². The van der Waals surface area contributed by atoms with Crippen LogP contribution in [0.1, 0.15) is 15.4 Å². The summed E-state index contributed by atoms with van der Waals surface area (Å²) >= 11 is 1.11. The minimum Gasteiger partial charge on any atom is -0.365 e. The zero-order valence-corrected chi connectivity index (χ0v) is 8.86. The van der Waals surface area contributed by atoms with Gasteiger partial charge in [-0.3, -0.25) is 9.78 Å². The summed E-state index contributed by atoms with van der Waals surface area (Å²) in [5.41, 5.74) is 6.03. The maximum atomic E-state index is 11.1. The van der Waals surface area contributed by atoms with Gasteiger partial charge in [-0.1, -0.05) is 0 Å². The maximum Gasteiger partial charge on any atom is 0.261 e. The second-order valence-corrected chi connectivity index (χ2v) is 3.91. The van der Waals surface area contributed by atoms with E-state index in [2.05, 4.69) is 9.97 Å². The molecule has 2 heterocycles. The standard InChI is InChI=1S/C10H6N4OS/c11-5-7-8(9(12)15)16-10(14-7)6-1-3-13-4-2-6/h1-4H,(H2,12,15). The van der Waals surface area contributed by atoms with Crippen LogP contribution in [0.15, 0.2) is 24.5 Å². The van der Waals surface area contributed by atoms with E-state index >= 15 is 0 Å². The molecule has 0 aromatic carbocycles. The van der Waals surface area contributed by atoms with Gasteiger partial charge in [0.05, 0.1) is 0 Å². The Morgan fingerprint density at radius 3 is 2.62 bits per heavy atom. The molecule has 0 radical (unpaired) electrons. The Morgan fingerprint density at radius 1 is 1.44 bits per heavy atom. The molecule has 0 bridgehead atoms. The molecule has 2 N–H and O–H groups in total. The van der Waals surface area contributed by atoms with E-state index in [1.165, 1.54) is 0 Å². The molecule has 0 aliphatic heterocycles. The smallest absolute Gasteiger partial charge is 0.261 e. The summed E-state index contributed by atoms with van der Waals surface area (Å²) in [6.07, 6.45) is 3.24. The predicted octanol–water partition coefficient (Wildman–Crippen LogP) is 1.18. The molecule has 6 heteroatoms. The molecule has 2 aromatic rings. The number of amides is 1. The van der Waals surface area contributed by atoms with Crippen molar-refractivity contribution < 1.29 is 4.79 Å². The number of hydrogen-bond donors (Lipinski definition) is 1. The Kier molecular flexibility index (Phi) is 2.62. The lowest BCUT2D eigenvalue weighted by molar-refractivity contribution is 0.100. The number of hydrogen-bond acceptors (Lipinski definition) is 5. The van der Waals surface area contributed by atoms with E-state index in [0.29, 0.717) is 5.01 Å². The van der Waals surface area contributed by atoms with Crippen molar-refractivity contribution in [3.05, 3.63) is 35.1 Å². The maximum absolute atomic E-state index is 11.1. The number of nitriles is 1. The molecule has 0 saturated heterocycles. The number of carbonyl (C=O) groups excluding carboxylic acids is 1. The average molecular weight is 230 g/mol. The lowest BCUT2D eigenvalue weighted by Crippen LogP contribution is -2.10. The van der Waals surface area contributed by atoms with E-state index in [4.69, 9.17) is 11.0 Å². The van der Waals surface area contributed by atoms with Gasteiger partial charge in [0.15, 0.2) is 5.69 Å². The van der Waals surface area contributed by atoms with Crippen LogP contribution in [-0.4, -0.2) is 15.9 Å². The van der Waals surface area contributed by atoms with Crippen LogP contribution in [0.2, 0.25) is 0 Å². The molecule has 0 spiro atoms. The Bertz CT molecular complexity index is 570. The van der Waals surface area contributed by atoms with Crippen molar-refractivity contribution in [3.8, 4) is 16.6 Å². The quantitative estimate of drug-likeness (QED) is 0.838. The highest BCUT2D eigenvalue weighted by atomic mass is 32.1. The number of nitrogens with zero attached hydrogens (tertiary/aromatic N) is 3. The molecule has 78 valence electrons. The Labute approximate surface area is 95.2 Å². The molecule has 0 aliphatic rings. The van der Waals surface area contributed by atoms with Gasteiger partial charge in [0.2, 0.25) is 0 Å². The number of nitrogens with two attached hydrogens (primary N) is 1. The van der Waals surface area contributed by atoms with Crippen LogP contribution in [0.3, 0.4) is 0 Å². The fraction of sp³-hybridized carbons (Fsp3) is 0. The van der Waals surface area contributed by atoms with E-state index < -0.39 is 5.91 Å². The number of rotatable bonds is 2. The topological polar surface area (TPSA) is 92.7 Å². The second kappa shape index (κ2) is 4.08. The summed E-state index contributed by atoms with van der Waals surface area (Å²) in [6, 6.07) is 5.36. The zero-order valence-electron chi connectivity index (χ0n) is 8.04. The van der Waals surface area contributed by atoms with E-state index in [1.54, 1.807) is 24.5 Å². The van der Waals surface area contributed by atoms with Crippen LogP contribution in [0.5, 0.6) is 0 Å². The van der Waals surface area contributed by atoms with Crippen LogP contribution in [-0.2, 0) is 0 Å². The van der Waals surface area contributed by atoms with Crippen molar-refractivity contribution in [1.29, 1.82) is 5.26 Å². The van der Waals surface area contributed by atoms with Gasteiger partial charge in [-0.05, 0) is 12.1 Å². The number of aromatic nitrogens is 2. The molecular formula is C10H6N4OS. The number of primary amides is 1. The summed E-state index contributed by atoms with van der Waals surface area (Å²) in [5.74, 6) is -0.630. The number of pyridine rings is 1.